The SMILES string of the molecule is CC(NC(=O)CCn1[nH]c(=O)c2ccccc2c1=O)c1ccc(F)cc1. The number of hydrogen-bond acceptors (Lipinski definition) is 3. The third-order valence-electron chi connectivity index (χ3n) is 4.19. The normalized spacial score (nSPS) is 12.1. The number of nitrogens with zero attached hydrogens (tertiary/aromatic N) is 1. The van der Waals surface area contributed by atoms with Crippen molar-refractivity contribution in [3.8, 4) is 0 Å². The number of nitrogens with one attached hydrogen (secondary N) is 2. The van der Waals surface area contributed by atoms with Crippen molar-refractivity contribution in [3.63, 3.8) is 0 Å². The highest BCUT2D eigenvalue weighted by Gasteiger charge is 2.11. The summed E-state index contributed by atoms with van der Waals surface area (Å²) in [7, 11) is 0. The van der Waals surface area contributed by atoms with Gasteiger partial charge in [0.25, 0.3) is 11.1 Å². The Morgan fingerprint density at radius 1 is 1.12 bits per heavy atom. The van der Waals surface area contributed by atoms with Crippen LogP contribution in [-0.2, 0) is 11.3 Å². The van der Waals surface area contributed by atoms with Crippen molar-refractivity contribution >= 4 is 16.7 Å². The Kier molecular flexibility index (Phi) is 4.97. The van der Waals surface area contributed by atoms with Crippen LogP contribution in [0, 0.1) is 5.82 Å². The zero-order chi connectivity index (χ0) is 18.7. The van der Waals surface area contributed by atoms with Gasteiger partial charge in [0.15, 0.2) is 0 Å². The fraction of sp³-hybridized carbons (Fsp3) is 0.211. The zero-order valence-electron chi connectivity index (χ0n) is 14.2. The molecule has 0 aliphatic heterocycles. The van der Waals surface area contributed by atoms with E-state index in [0.29, 0.717) is 10.8 Å². The van der Waals surface area contributed by atoms with Gasteiger partial charge < -0.3 is 5.32 Å². The lowest BCUT2D eigenvalue weighted by atomic mass is 10.1. The summed E-state index contributed by atoms with van der Waals surface area (Å²) in [6.45, 7) is 1.84. The van der Waals surface area contributed by atoms with E-state index in [4.69, 9.17) is 0 Å². The molecule has 0 radical (unpaired) electrons. The minimum atomic E-state index is -0.375. The maximum Gasteiger partial charge on any atom is 0.273 e. The smallest absolute Gasteiger partial charge is 0.273 e. The third-order valence-corrected chi connectivity index (χ3v) is 4.19. The fourth-order valence-corrected chi connectivity index (χ4v) is 2.77. The van der Waals surface area contributed by atoms with Crippen molar-refractivity contribution in [2.75, 3.05) is 0 Å². The first-order chi connectivity index (χ1) is 12.5. The van der Waals surface area contributed by atoms with Crippen LogP contribution in [0.4, 0.5) is 4.39 Å². The second kappa shape index (κ2) is 7.35. The second-order valence-corrected chi connectivity index (χ2v) is 6.03. The van der Waals surface area contributed by atoms with Crippen LogP contribution in [0.1, 0.15) is 24.9 Å². The van der Waals surface area contributed by atoms with Gasteiger partial charge in [0, 0.05) is 6.42 Å². The average Bonchev–Trinajstić information content (AvgIpc) is 2.64. The molecule has 1 amide bonds. The third kappa shape index (κ3) is 3.72. The van der Waals surface area contributed by atoms with E-state index >= 15 is 0 Å². The number of aromatic nitrogens is 2. The molecule has 134 valence electrons. The van der Waals surface area contributed by atoms with Crippen molar-refractivity contribution in [2.45, 2.75) is 25.9 Å². The number of amides is 1. The molecule has 3 rings (SSSR count). The monoisotopic (exact) mass is 355 g/mol. The van der Waals surface area contributed by atoms with Gasteiger partial charge in [-0.15, -0.1) is 0 Å². The van der Waals surface area contributed by atoms with Gasteiger partial charge in [-0.25, -0.2) is 9.07 Å². The first-order valence-corrected chi connectivity index (χ1v) is 8.22. The first-order valence-electron chi connectivity index (χ1n) is 8.22. The van der Waals surface area contributed by atoms with Crippen molar-refractivity contribution in [1.29, 1.82) is 0 Å². The Labute approximate surface area is 148 Å². The molecule has 2 aromatic carbocycles. The predicted molar refractivity (Wildman–Crippen MR) is 96.4 cm³/mol. The van der Waals surface area contributed by atoms with Crippen molar-refractivity contribution < 1.29 is 9.18 Å². The Bertz CT molecular complexity index is 1050. The van der Waals surface area contributed by atoms with Gasteiger partial charge >= 0.3 is 0 Å². The number of hydrogen-bond donors (Lipinski definition) is 2. The lowest BCUT2D eigenvalue weighted by Gasteiger charge is -2.14. The minimum absolute atomic E-state index is 0.0275. The molecule has 26 heavy (non-hydrogen) atoms. The minimum Gasteiger partial charge on any atom is -0.350 e. The topological polar surface area (TPSA) is 84.0 Å². The van der Waals surface area contributed by atoms with Crippen LogP contribution in [0.3, 0.4) is 0 Å². The lowest BCUT2D eigenvalue weighted by Crippen LogP contribution is -2.33. The van der Waals surface area contributed by atoms with Crippen LogP contribution in [0.5, 0.6) is 0 Å². The number of carbonyl (C=O) groups excluding carboxylic acids is 1. The number of carbonyl (C=O) groups is 1. The molecule has 2 N–H and O–H groups in total. The highest BCUT2D eigenvalue weighted by molar-refractivity contribution is 5.80. The summed E-state index contributed by atoms with van der Waals surface area (Å²) in [4.78, 5) is 36.6. The van der Waals surface area contributed by atoms with Crippen LogP contribution >= 0.6 is 0 Å². The lowest BCUT2D eigenvalue weighted by molar-refractivity contribution is -0.122. The Morgan fingerprint density at radius 3 is 2.46 bits per heavy atom. The summed E-state index contributed by atoms with van der Waals surface area (Å²) in [6, 6.07) is 12.1. The van der Waals surface area contributed by atoms with Crippen LogP contribution < -0.4 is 16.4 Å². The molecular formula is C19H18FN3O3. The number of aryl methyl sites for hydroxylation is 1. The molecule has 1 heterocycles. The van der Waals surface area contributed by atoms with Crippen LogP contribution in [0.25, 0.3) is 10.8 Å². The molecule has 7 heteroatoms. The molecule has 3 aromatic rings. The van der Waals surface area contributed by atoms with Gasteiger partial charge in [0.2, 0.25) is 5.91 Å². The number of benzene rings is 2. The summed E-state index contributed by atoms with van der Waals surface area (Å²) in [6.07, 6.45) is 0.0275. The molecule has 0 saturated heterocycles. The van der Waals surface area contributed by atoms with Gasteiger partial charge in [0.1, 0.15) is 5.82 Å². The van der Waals surface area contributed by atoms with E-state index in [1.54, 1.807) is 43.3 Å². The summed E-state index contributed by atoms with van der Waals surface area (Å²) < 4.78 is 14.1. The van der Waals surface area contributed by atoms with Crippen molar-refractivity contribution in [1.82, 2.24) is 15.1 Å². The van der Waals surface area contributed by atoms with Gasteiger partial charge in [-0.2, -0.15) is 0 Å². The molecule has 1 atom stereocenters. The van der Waals surface area contributed by atoms with Crippen molar-refractivity contribution in [2.24, 2.45) is 0 Å². The van der Waals surface area contributed by atoms with E-state index in [1.165, 1.54) is 12.1 Å². The summed E-state index contributed by atoms with van der Waals surface area (Å²) in [5.74, 6) is -0.616. The van der Waals surface area contributed by atoms with Crippen molar-refractivity contribution in [3.05, 3.63) is 80.6 Å². The van der Waals surface area contributed by atoms with E-state index in [0.717, 1.165) is 10.2 Å². The van der Waals surface area contributed by atoms with E-state index < -0.39 is 0 Å². The Hall–Kier alpha value is -3.22. The van der Waals surface area contributed by atoms with Gasteiger partial charge in [-0.1, -0.05) is 24.3 Å². The molecule has 0 saturated carbocycles. The first kappa shape index (κ1) is 17.6. The maximum absolute atomic E-state index is 13.0. The van der Waals surface area contributed by atoms with E-state index in [2.05, 4.69) is 10.4 Å². The van der Waals surface area contributed by atoms with Gasteiger partial charge in [-0.05, 0) is 36.8 Å². The molecule has 1 unspecified atom stereocenters. The number of fused-ring (bicyclic) bond motifs is 1. The highest BCUT2D eigenvalue weighted by atomic mass is 19.1. The average molecular weight is 355 g/mol. The Morgan fingerprint density at radius 2 is 1.77 bits per heavy atom. The standard InChI is InChI=1S/C19H18FN3O3/c1-12(13-6-8-14(20)9-7-13)21-17(24)10-11-23-19(26)16-5-3-2-4-15(16)18(25)22-23/h2-9,12H,10-11H2,1H3,(H,21,24)(H,22,25). The molecule has 0 spiro atoms. The zero-order valence-corrected chi connectivity index (χ0v) is 14.2. The maximum atomic E-state index is 13.0. The fourth-order valence-electron chi connectivity index (χ4n) is 2.77. The van der Waals surface area contributed by atoms with E-state index in [1.807, 2.05) is 0 Å². The number of rotatable bonds is 5. The number of aromatic amines is 1. The Balaban J connectivity index is 1.69. The van der Waals surface area contributed by atoms with Crippen LogP contribution in [0.15, 0.2) is 58.1 Å². The van der Waals surface area contributed by atoms with Crippen LogP contribution in [0.2, 0.25) is 0 Å². The van der Waals surface area contributed by atoms with E-state index in [-0.39, 0.29) is 41.9 Å². The van der Waals surface area contributed by atoms with E-state index in [9.17, 15) is 18.8 Å². The van der Waals surface area contributed by atoms with Gasteiger partial charge in [-0.3, -0.25) is 19.5 Å². The predicted octanol–water partition coefficient (Wildman–Crippen LogP) is 2.10. The number of H-pyrrole nitrogens is 1. The second-order valence-electron chi connectivity index (χ2n) is 6.03. The molecule has 0 aliphatic rings. The summed E-state index contributed by atoms with van der Waals surface area (Å²) in [5, 5.41) is 5.92. The highest BCUT2D eigenvalue weighted by Crippen LogP contribution is 2.13. The quantitative estimate of drug-likeness (QED) is 0.735. The molecule has 0 fully saturated rings. The van der Waals surface area contributed by atoms with Crippen LogP contribution in [-0.4, -0.2) is 15.7 Å². The molecular weight excluding hydrogens is 337 g/mol. The molecule has 6 nitrogen and oxygen atoms in total. The molecule has 0 bridgehead atoms. The molecule has 1 aromatic heterocycles. The summed E-state index contributed by atoms with van der Waals surface area (Å²) in [5.41, 5.74) is 0.0518. The molecule has 0 aliphatic carbocycles. The summed E-state index contributed by atoms with van der Waals surface area (Å²) >= 11 is 0. The largest absolute Gasteiger partial charge is 0.350 e. The number of halogens is 1. The van der Waals surface area contributed by atoms with Gasteiger partial charge in [0.05, 0.1) is 23.4 Å².